The fourth-order valence-electron chi connectivity index (χ4n) is 13.4. The summed E-state index contributed by atoms with van der Waals surface area (Å²) in [5.74, 6) is -0.164. The summed E-state index contributed by atoms with van der Waals surface area (Å²) in [5, 5.41) is 19.0. The summed E-state index contributed by atoms with van der Waals surface area (Å²) in [7, 11) is 0. The van der Waals surface area contributed by atoms with Gasteiger partial charge >= 0.3 is 23.9 Å². The summed E-state index contributed by atoms with van der Waals surface area (Å²) in [4.78, 5) is 54.2. The minimum atomic E-state index is -0.0930. The van der Waals surface area contributed by atoms with E-state index in [0.717, 1.165) is 155 Å². The first-order valence-corrected chi connectivity index (χ1v) is 43.5. The van der Waals surface area contributed by atoms with E-state index >= 15 is 0 Å². The Hall–Kier alpha value is -2.28. The van der Waals surface area contributed by atoms with Crippen LogP contribution in [0.25, 0.3) is 0 Å². The van der Waals surface area contributed by atoms with E-state index in [9.17, 15) is 29.4 Å². The Morgan fingerprint density at radius 3 is 0.714 bits per heavy atom. The van der Waals surface area contributed by atoms with Gasteiger partial charge in [-0.3, -0.25) is 19.2 Å². The molecule has 0 atom stereocenters. The van der Waals surface area contributed by atoms with Gasteiger partial charge in [0.15, 0.2) is 0 Å². The third kappa shape index (κ3) is 77.9. The summed E-state index contributed by atoms with van der Waals surface area (Å²) in [6, 6.07) is 0. The Labute approximate surface area is 609 Å². The van der Waals surface area contributed by atoms with Gasteiger partial charge in [0, 0.05) is 38.8 Å². The van der Waals surface area contributed by atoms with Crippen LogP contribution < -0.4 is 0 Å². The van der Waals surface area contributed by atoms with Crippen LogP contribution in [0.2, 0.25) is 0 Å². The Morgan fingerprint density at radius 2 is 0.439 bits per heavy atom. The molecule has 2 N–H and O–H groups in total. The van der Waals surface area contributed by atoms with Gasteiger partial charge in [0.2, 0.25) is 0 Å². The molecule has 12 nitrogen and oxygen atoms in total. The van der Waals surface area contributed by atoms with Crippen molar-refractivity contribution in [3.05, 3.63) is 0 Å². The smallest absolute Gasteiger partial charge is 0.306 e. The predicted molar refractivity (Wildman–Crippen MR) is 418 cm³/mol. The van der Waals surface area contributed by atoms with Crippen molar-refractivity contribution < 1.29 is 48.3 Å². The number of unbranched alkanes of at least 4 members (excludes halogenated alkanes) is 46. The van der Waals surface area contributed by atoms with Gasteiger partial charge in [-0.1, -0.05) is 318 Å². The Morgan fingerprint density at radius 1 is 0.235 bits per heavy atom. The molecular formula is C86H170N2O10. The number of aliphatic hydroxyl groups is 2. The van der Waals surface area contributed by atoms with E-state index in [1.807, 2.05) is 0 Å². The summed E-state index contributed by atoms with van der Waals surface area (Å²) in [5.41, 5.74) is 0. The molecule has 0 radical (unpaired) electrons. The van der Waals surface area contributed by atoms with Gasteiger partial charge in [0.05, 0.1) is 26.4 Å². The van der Waals surface area contributed by atoms with E-state index in [2.05, 4.69) is 51.3 Å². The van der Waals surface area contributed by atoms with Gasteiger partial charge in [-0.15, -0.1) is 0 Å². The van der Waals surface area contributed by atoms with Gasteiger partial charge in [0.25, 0.3) is 0 Å². The highest BCUT2D eigenvalue weighted by Crippen LogP contribution is 2.22. The van der Waals surface area contributed by atoms with Gasteiger partial charge in [-0.2, -0.15) is 0 Å². The third-order valence-corrected chi connectivity index (χ3v) is 19.9. The van der Waals surface area contributed by atoms with Crippen molar-refractivity contribution in [2.45, 2.75) is 465 Å². The molecule has 0 saturated carbocycles. The first kappa shape index (κ1) is 97.8. The molecule has 98 heavy (non-hydrogen) atoms. The predicted octanol–water partition coefficient (Wildman–Crippen LogP) is 24.6. The third-order valence-electron chi connectivity index (χ3n) is 19.9. The number of carbonyl (C=O) groups is 4. The van der Waals surface area contributed by atoms with E-state index in [1.165, 1.54) is 257 Å². The molecule has 0 aromatic rings. The molecular weight excluding hydrogens is 1220 g/mol. The molecule has 0 unspecified atom stereocenters. The van der Waals surface area contributed by atoms with Crippen LogP contribution in [-0.4, -0.2) is 122 Å². The number of ether oxygens (including phenoxy) is 4. The molecule has 0 spiro atoms. The second-order valence-electron chi connectivity index (χ2n) is 29.6. The number of nitrogens with zero attached hydrogens (tertiary/aromatic N) is 2. The van der Waals surface area contributed by atoms with Crippen LogP contribution in [0, 0.1) is 0 Å². The SMILES string of the molecule is CCCCCCCCCCCOC(=O)CCCCCN(CCO)CCCCCC(=O)OC(CCCCCCCCCC)CCCCCCCCCC.CCCCCCCCCOC(=O)CCCN(CCO)CCCCCCCC(=O)OC(CCCCCCCC)CCCCCCCC. The van der Waals surface area contributed by atoms with Crippen LogP contribution in [-0.2, 0) is 38.1 Å². The molecule has 584 valence electrons. The van der Waals surface area contributed by atoms with Crippen molar-refractivity contribution in [1.29, 1.82) is 0 Å². The van der Waals surface area contributed by atoms with E-state index in [4.69, 9.17) is 18.9 Å². The molecule has 0 heterocycles. The molecule has 0 bridgehead atoms. The molecule has 0 aliphatic heterocycles. The quantitative estimate of drug-likeness (QED) is 0.0339. The summed E-state index contributed by atoms with van der Waals surface area (Å²) >= 11 is 0. The lowest BCUT2D eigenvalue weighted by Crippen LogP contribution is -2.29. The summed E-state index contributed by atoms with van der Waals surface area (Å²) in [6.45, 7) is 19.9. The zero-order valence-electron chi connectivity index (χ0n) is 66.5. The minimum absolute atomic E-state index is 0.00276. The van der Waals surface area contributed by atoms with Crippen molar-refractivity contribution in [3.8, 4) is 0 Å². The van der Waals surface area contributed by atoms with Crippen molar-refractivity contribution in [3.63, 3.8) is 0 Å². The average molecular weight is 1390 g/mol. The van der Waals surface area contributed by atoms with Crippen molar-refractivity contribution in [2.75, 3.05) is 65.7 Å². The number of esters is 4. The Balaban J connectivity index is 0. The maximum atomic E-state index is 12.8. The van der Waals surface area contributed by atoms with Crippen LogP contribution >= 0.6 is 0 Å². The van der Waals surface area contributed by atoms with Gasteiger partial charge in [0.1, 0.15) is 12.2 Å². The maximum absolute atomic E-state index is 12.8. The molecule has 0 rings (SSSR count). The fraction of sp³-hybridized carbons (Fsp3) is 0.953. The van der Waals surface area contributed by atoms with Crippen molar-refractivity contribution in [2.24, 2.45) is 0 Å². The number of rotatable bonds is 80. The monoisotopic (exact) mass is 1390 g/mol. The number of carbonyl (C=O) groups excluding carboxylic acids is 4. The molecule has 0 aliphatic carbocycles. The maximum Gasteiger partial charge on any atom is 0.306 e. The second-order valence-corrected chi connectivity index (χ2v) is 29.6. The number of hydrogen-bond donors (Lipinski definition) is 2. The highest BCUT2D eigenvalue weighted by atomic mass is 16.6. The first-order chi connectivity index (χ1) is 48.1. The topological polar surface area (TPSA) is 152 Å². The fourth-order valence-corrected chi connectivity index (χ4v) is 13.4. The van der Waals surface area contributed by atoms with Crippen LogP contribution in [0.15, 0.2) is 0 Å². The second kappa shape index (κ2) is 83.7. The molecule has 12 heteroatoms. The highest BCUT2D eigenvalue weighted by Gasteiger charge is 2.17. The lowest BCUT2D eigenvalue weighted by atomic mass is 10.0. The number of hydrogen-bond acceptors (Lipinski definition) is 12. The Bertz CT molecular complexity index is 1570. The molecule has 0 aromatic heterocycles. The lowest BCUT2D eigenvalue weighted by molar-refractivity contribution is -0.151. The highest BCUT2D eigenvalue weighted by molar-refractivity contribution is 5.70. The van der Waals surface area contributed by atoms with Crippen LogP contribution in [0.3, 0.4) is 0 Å². The van der Waals surface area contributed by atoms with Crippen LogP contribution in [0.5, 0.6) is 0 Å². The minimum Gasteiger partial charge on any atom is -0.466 e. The molecule has 0 saturated heterocycles. The molecule has 0 aromatic carbocycles. The van der Waals surface area contributed by atoms with E-state index in [1.54, 1.807) is 0 Å². The largest absolute Gasteiger partial charge is 0.466 e. The first-order valence-electron chi connectivity index (χ1n) is 43.5. The van der Waals surface area contributed by atoms with Gasteiger partial charge in [-0.05, 0) is 135 Å². The summed E-state index contributed by atoms with van der Waals surface area (Å²) in [6.07, 6.45) is 74.4. The van der Waals surface area contributed by atoms with Gasteiger partial charge < -0.3 is 39.0 Å². The van der Waals surface area contributed by atoms with E-state index in [0.29, 0.717) is 52.0 Å². The normalized spacial score (nSPS) is 11.6. The van der Waals surface area contributed by atoms with E-state index < -0.39 is 0 Å². The molecule has 0 aliphatic rings. The molecule has 0 fully saturated rings. The van der Waals surface area contributed by atoms with Crippen LogP contribution in [0.1, 0.15) is 452 Å². The standard InChI is InChI=1S/C46H91NO5.C40H79NO5/c1-4-7-10-13-16-19-22-25-34-43-51-45(49)37-30-26-32-39-47(41-42-48)40-33-27-31-38-46(50)52-44(35-28-23-20-17-14-11-8-5-2)36-29-24-21-18-15-12-9-6-3;1-4-7-10-13-16-22-27-37-45-39(43)32-28-34-41(35-36-42)33-26-21-17-20-25-31-40(44)46-38(29-23-18-14-11-8-5-2)30-24-19-15-12-9-6-3/h44,48H,4-43H2,1-3H3;38,42H,4-37H2,1-3H3. The zero-order chi connectivity index (χ0) is 71.8. The van der Waals surface area contributed by atoms with Crippen molar-refractivity contribution in [1.82, 2.24) is 9.80 Å². The Kier molecular flexibility index (Phi) is 83.5. The molecule has 0 amide bonds. The zero-order valence-corrected chi connectivity index (χ0v) is 66.5. The lowest BCUT2D eigenvalue weighted by Gasteiger charge is -2.21. The average Bonchev–Trinajstić information content (AvgIpc) is 2.43. The van der Waals surface area contributed by atoms with Crippen molar-refractivity contribution >= 4 is 23.9 Å². The number of aliphatic hydroxyl groups excluding tert-OH is 2. The van der Waals surface area contributed by atoms with Crippen LogP contribution in [0.4, 0.5) is 0 Å². The summed E-state index contributed by atoms with van der Waals surface area (Å²) < 4.78 is 22.9. The van der Waals surface area contributed by atoms with E-state index in [-0.39, 0.29) is 49.3 Å². The van der Waals surface area contributed by atoms with Gasteiger partial charge in [-0.25, -0.2) is 0 Å².